The Labute approximate surface area is 165 Å². The number of hydrogen-bond acceptors (Lipinski definition) is 3. The van der Waals surface area contributed by atoms with Gasteiger partial charge >= 0.3 is 0 Å². The Kier molecular flexibility index (Phi) is 4.32. The number of halogens is 2. The summed E-state index contributed by atoms with van der Waals surface area (Å²) in [6, 6.07) is 13.3. The van der Waals surface area contributed by atoms with Crippen molar-refractivity contribution in [3.05, 3.63) is 82.3 Å². The van der Waals surface area contributed by atoms with E-state index in [1.165, 1.54) is 12.1 Å². The van der Waals surface area contributed by atoms with Crippen molar-refractivity contribution in [2.75, 3.05) is 31.1 Å². The van der Waals surface area contributed by atoms with Crippen molar-refractivity contribution in [2.24, 2.45) is 0 Å². The predicted molar refractivity (Wildman–Crippen MR) is 109 cm³/mol. The number of nitrogens with one attached hydrogen (secondary N) is 1. The Morgan fingerprint density at radius 2 is 1.76 bits per heavy atom. The van der Waals surface area contributed by atoms with E-state index in [0.29, 0.717) is 24.2 Å². The summed E-state index contributed by atoms with van der Waals surface area (Å²) in [5.41, 5.74) is 3.13. The zero-order valence-corrected chi connectivity index (χ0v) is 15.7. The molecule has 4 aromatic rings. The number of aromatic nitrogens is 2. The van der Waals surface area contributed by atoms with Crippen LogP contribution in [0.15, 0.2) is 59.5 Å². The maximum atomic E-state index is 14.0. The minimum atomic E-state index is -0.559. The van der Waals surface area contributed by atoms with Crippen molar-refractivity contribution in [2.45, 2.75) is 6.54 Å². The minimum absolute atomic E-state index is 0.0901. The van der Waals surface area contributed by atoms with Gasteiger partial charge in [-0.25, -0.2) is 8.78 Å². The lowest BCUT2D eigenvalue weighted by Crippen LogP contribution is -2.46. The third-order valence-electron chi connectivity index (χ3n) is 5.56. The summed E-state index contributed by atoms with van der Waals surface area (Å²) in [4.78, 5) is 19.5. The average Bonchev–Trinajstić information content (AvgIpc) is 3.11. The lowest BCUT2D eigenvalue weighted by atomic mass is 10.2. The summed E-state index contributed by atoms with van der Waals surface area (Å²) in [7, 11) is 0. The van der Waals surface area contributed by atoms with Crippen LogP contribution in [0, 0.1) is 11.6 Å². The van der Waals surface area contributed by atoms with Crippen molar-refractivity contribution in [1.29, 1.82) is 0 Å². The highest BCUT2D eigenvalue weighted by Gasteiger charge is 2.20. The third kappa shape index (κ3) is 3.27. The summed E-state index contributed by atoms with van der Waals surface area (Å²) >= 11 is 0. The molecule has 1 saturated heterocycles. The van der Waals surface area contributed by atoms with Crippen LogP contribution in [0.2, 0.25) is 0 Å². The first-order valence-corrected chi connectivity index (χ1v) is 9.63. The molecule has 1 fully saturated rings. The highest BCUT2D eigenvalue weighted by molar-refractivity contribution is 5.80. The zero-order valence-electron chi connectivity index (χ0n) is 15.7. The number of nitrogens with zero attached hydrogens (tertiary/aromatic N) is 3. The number of anilines is 1. The van der Waals surface area contributed by atoms with Crippen molar-refractivity contribution < 1.29 is 8.78 Å². The Hall–Kier alpha value is -3.19. The van der Waals surface area contributed by atoms with E-state index in [0.717, 1.165) is 42.4 Å². The van der Waals surface area contributed by atoms with E-state index in [1.54, 1.807) is 0 Å². The molecule has 0 spiro atoms. The van der Waals surface area contributed by atoms with Gasteiger partial charge in [0.2, 0.25) is 0 Å². The molecule has 29 heavy (non-hydrogen) atoms. The lowest BCUT2D eigenvalue weighted by Gasteiger charge is -2.36. The van der Waals surface area contributed by atoms with Crippen LogP contribution in [-0.4, -0.2) is 40.5 Å². The predicted octanol–water partition coefficient (Wildman–Crippen LogP) is 3.38. The maximum Gasteiger partial charge on any atom is 0.258 e. The van der Waals surface area contributed by atoms with Crippen LogP contribution in [0.3, 0.4) is 0 Å². The molecule has 0 aliphatic carbocycles. The number of benzene rings is 2. The second-order valence-electron chi connectivity index (χ2n) is 7.43. The van der Waals surface area contributed by atoms with Gasteiger partial charge in [0, 0.05) is 45.0 Å². The van der Waals surface area contributed by atoms with Gasteiger partial charge < -0.3 is 14.3 Å². The third-order valence-corrected chi connectivity index (χ3v) is 5.56. The summed E-state index contributed by atoms with van der Waals surface area (Å²) in [6.45, 7) is 3.66. The van der Waals surface area contributed by atoms with Crippen LogP contribution in [0.25, 0.3) is 16.6 Å². The monoisotopic (exact) mass is 394 g/mol. The van der Waals surface area contributed by atoms with Crippen LogP contribution < -0.4 is 10.5 Å². The SMILES string of the molecule is O=c1[nH]c2cc(CN3CCN(c4ccc(F)cc4F)CC3)cn2c2ccccc12. The Morgan fingerprint density at radius 1 is 0.966 bits per heavy atom. The van der Waals surface area contributed by atoms with Gasteiger partial charge in [0.15, 0.2) is 0 Å². The van der Waals surface area contributed by atoms with Gasteiger partial charge in [-0.15, -0.1) is 0 Å². The van der Waals surface area contributed by atoms with Crippen LogP contribution in [-0.2, 0) is 6.54 Å². The number of piperazine rings is 1. The van der Waals surface area contributed by atoms with Crippen molar-refractivity contribution in [1.82, 2.24) is 14.3 Å². The summed E-state index contributed by atoms with van der Waals surface area (Å²) < 4.78 is 29.2. The molecule has 1 aliphatic heterocycles. The fourth-order valence-corrected chi connectivity index (χ4v) is 4.10. The summed E-state index contributed by atoms with van der Waals surface area (Å²) in [6.07, 6.45) is 2.06. The molecule has 2 aromatic carbocycles. The van der Waals surface area contributed by atoms with Gasteiger partial charge in [-0.1, -0.05) is 12.1 Å². The number of H-pyrrole nitrogens is 1. The van der Waals surface area contributed by atoms with Crippen molar-refractivity contribution in [3.8, 4) is 0 Å². The minimum Gasteiger partial charge on any atom is -0.367 e. The highest BCUT2D eigenvalue weighted by Crippen LogP contribution is 2.22. The molecule has 7 heteroatoms. The topological polar surface area (TPSA) is 43.8 Å². The molecule has 0 saturated carbocycles. The van der Waals surface area contributed by atoms with Gasteiger partial charge in [-0.3, -0.25) is 9.69 Å². The zero-order chi connectivity index (χ0) is 20.0. The van der Waals surface area contributed by atoms with E-state index in [2.05, 4.69) is 16.1 Å². The highest BCUT2D eigenvalue weighted by atomic mass is 19.1. The van der Waals surface area contributed by atoms with Gasteiger partial charge in [0.05, 0.1) is 16.6 Å². The molecule has 0 unspecified atom stereocenters. The molecule has 5 nitrogen and oxygen atoms in total. The van der Waals surface area contributed by atoms with Crippen molar-refractivity contribution >= 4 is 22.2 Å². The first kappa shape index (κ1) is 17.9. The van der Waals surface area contributed by atoms with Crippen LogP contribution in [0.1, 0.15) is 5.56 Å². The molecule has 1 aliphatic rings. The van der Waals surface area contributed by atoms with Crippen LogP contribution >= 0.6 is 0 Å². The van der Waals surface area contributed by atoms with Crippen molar-refractivity contribution in [3.63, 3.8) is 0 Å². The lowest BCUT2D eigenvalue weighted by molar-refractivity contribution is 0.249. The Morgan fingerprint density at radius 3 is 2.55 bits per heavy atom. The first-order chi connectivity index (χ1) is 14.1. The molecule has 0 atom stereocenters. The van der Waals surface area contributed by atoms with Gasteiger partial charge in [0.1, 0.15) is 17.3 Å². The number of para-hydroxylation sites is 1. The molecule has 2 aromatic heterocycles. The fraction of sp³-hybridized carbons (Fsp3) is 0.227. The second-order valence-corrected chi connectivity index (χ2v) is 7.43. The van der Waals surface area contributed by atoms with Gasteiger partial charge in [-0.2, -0.15) is 0 Å². The van der Waals surface area contributed by atoms with Crippen LogP contribution in [0.4, 0.5) is 14.5 Å². The number of rotatable bonds is 3. The smallest absolute Gasteiger partial charge is 0.258 e. The van der Waals surface area contributed by atoms with E-state index in [4.69, 9.17) is 0 Å². The van der Waals surface area contributed by atoms with Crippen LogP contribution in [0.5, 0.6) is 0 Å². The Bertz CT molecular complexity index is 1250. The molecule has 3 heterocycles. The molecule has 0 bridgehead atoms. The number of hydrogen-bond donors (Lipinski definition) is 1. The molecule has 1 N–H and O–H groups in total. The van der Waals surface area contributed by atoms with E-state index in [9.17, 15) is 13.6 Å². The van der Waals surface area contributed by atoms with Gasteiger partial charge in [0.25, 0.3) is 5.56 Å². The molecular weight excluding hydrogens is 374 g/mol. The molecule has 148 valence electrons. The first-order valence-electron chi connectivity index (χ1n) is 9.63. The van der Waals surface area contributed by atoms with E-state index in [-0.39, 0.29) is 5.56 Å². The average molecular weight is 394 g/mol. The number of aromatic amines is 1. The largest absolute Gasteiger partial charge is 0.367 e. The normalized spacial score (nSPS) is 15.4. The molecule has 5 rings (SSSR count). The summed E-state index contributed by atoms with van der Waals surface area (Å²) in [5.74, 6) is -1.08. The summed E-state index contributed by atoms with van der Waals surface area (Å²) in [5, 5.41) is 0.664. The standard InChI is InChI=1S/C22H20F2N4O/c23-16-5-6-20(18(24)12-16)27-9-7-26(8-10-27)13-15-11-21-25-22(29)17-3-1-2-4-19(17)28(21)14-15/h1-6,11-12,14H,7-10,13H2,(H,25,29). The van der Waals surface area contributed by atoms with Gasteiger partial charge in [-0.05, 0) is 35.9 Å². The molecule has 0 radical (unpaired) electrons. The van der Waals surface area contributed by atoms with E-state index < -0.39 is 11.6 Å². The van der Waals surface area contributed by atoms with E-state index in [1.807, 2.05) is 39.6 Å². The Balaban J connectivity index is 1.33. The number of fused-ring (bicyclic) bond motifs is 3. The quantitative estimate of drug-likeness (QED) is 0.579. The second kappa shape index (κ2) is 7.00. The molecular formula is C22H20F2N4O. The fourth-order valence-electron chi connectivity index (χ4n) is 4.10. The van der Waals surface area contributed by atoms with E-state index >= 15 is 0 Å². The molecule has 0 amide bonds. The maximum absolute atomic E-state index is 14.0.